The molecule has 0 rings (SSSR count). The lowest BCUT2D eigenvalue weighted by Gasteiger charge is -2.22. The van der Waals surface area contributed by atoms with Crippen LogP contribution >= 0.6 is 23.2 Å². The number of rotatable bonds is 5. The van der Waals surface area contributed by atoms with Crippen LogP contribution in [0.2, 0.25) is 0 Å². The van der Waals surface area contributed by atoms with Gasteiger partial charge in [0.05, 0.1) is 19.1 Å². The van der Waals surface area contributed by atoms with E-state index in [1.807, 2.05) is 0 Å². The summed E-state index contributed by atoms with van der Waals surface area (Å²) in [7, 11) is 2.40. The molecule has 0 aromatic rings. The van der Waals surface area contributed by atoms with Gasteiger partial charge < -0.3 is 9.47 Å². The van der Waals surface area contributed by atoms with Crippen molar-refractivity contribution in [2.45, 2.75) is 18.2 Å². The molecule has 15 heavy (non-hydrogen) atoms. The van der Waals surface area contributed by atoms with E-state index in [1.165, 1.54) is 14.2 Å². The highest BCUT2D eigenvalue weighted by Gasteiger charge is 2.35. The first kappa shape index (κ1) is 14.5. The average Bonchev–Trinajstić information content (AvgIpc) is 2.23. The van der Waals surface area contributed by atoms with Crippen LogP contribution in [0.1, 0.15) is 13.3 Å². The SMILES string of the molecule is COC(=O)C(CC(C)(Cl)CCl)C(=O)OC. The van der Waals surface area contributed by atoms with Gasteiger partial charge in [-0.3, -0.25) is 9.59 Å². The number of ether oxygens (including phenoxy) is 2. The number of halogens is 2. The van der Waals surface area contributed by atoms with Crippen molar-refractivity contribution in [1.82, 2.24) is 0 Å². The van der Waals surface area contributed by atoms with E-state index in [0.717, 1.165) is 0 Å². The fourth-order valence-electron chi connectivity index (χ4n) is 1.03. The van der Waals surface area contributed by atoms with Crippen molar-refractivity contribution in [1.29, 1.82) is 0 Å². The Morgan fingerprint density at radius 1 is 1.27 bits per heavy atom. The lowest BCUT2D eigenvalue weighted by Crippen LogP contribution is -2.34. The van der Waals surface area contributed by atoms with Crippen LogP contribution in [0.5, 0.6) is 0 Å². The van der Waals surface area contributed by atoms with Gasteiger partial charge in [0.25, 0.3) is 0 Å². The second-order valence-corrected chi connectivity index (χ2v) is 4.53. The second kappa shape index (κ2) is 6.18. The number of esters is 2. The number of methoxy groups -OCH3 is 2. The van der Waals surface area contributed by atoms with Gasteiger partial charge in [0, 0.05) is 5.88 Å². The van der Waals surface area contributed by atoms with Gasteiger partial charge in [0.15, 0.2) is 5.92 Å². The molecule has 0 aliphatic rings. The Balaban J connectivity index is 4.66. The topological polar surface area (TPSA) is 52.6 Å². The Morgan fingerprint density at radius 2 is 1.67 bits per heavy atom. The first-order valence-corrected chi connectivity index (χ1v) is 5.19. The molecule has 0 saturated heterocycles. The summed E-state index contributed by atoms with van der Waals surface area (Å²) in [4.78, 5) is 21.7. The predicted molar refractivity (Wildman–Crippen MR) is 57.1 cm³/mol. The molecule has 0 aliphatic heterocycles. The predicted octanol–water partition coefficient (Wildman–Crippen LogP) is 1.57. The third-order valence-corrected chi connectivity index (χ3v) is 2.89. The molecule has 0 heterocycles. The maximum Gasteiger partial charge on any atom is 0.320 e. The first-order chi connectivity index (χ1) is 6.87. The van der Waals surface area contributed by atoms with Crippen molar-refractivity contribution >= 4 is 35.1 Å². The summed E-state index contributed by atoms with van der Waals surface area (Å²) in [6.45, 7) is 1.64. The molecule has 1 unspecified atom stereocenters. The summed E-state index contributed by atoms with van der Waals surface area (Å²) in [5.74, 6) is -2.24. The molecule has 0 aliphatic carbocycles. The number of carbonyl (C=O) groups excluding carboxylic acids is 2. The summed E-state index contributed by atoms with van der Waals surface area (Å²) in [5, 5.41) is 0. The molecule has 4 nitrogen and oxygen atoms in total. The van der Waals surface area contributed by atoms with E-state index >= 15 is 0 Å². The molecule has 0 saturated carbocycles. The molecule has 0 spiro atoms. The van der Waals surface area contributed by atoms with E-state index in [1.54, 1.807) is 6.92 Å². The Labute approximate surface area is 98.8 Å². The van der Waals surface area contributed by atoms with E-state index in [4.69, 9.17) is 23.2 Å². The Kier molecular flexibility index (Phi) is 5.98. The summed E-state index contributed by atoms with van der Waals surface area (Å²) in [5.41, 5.74) is 0. The molecule has 88 valence electrons. The molecule has 0 aromatic heterocycles. The van der Waals surface area contributed by atoms with Gasteiger partial charge in [-0.1, -0.05) is 0 Å². The molecule has 0 N–H and O–H groups in total. The minimum absolute atomic E-state index is 0.0808. The highest BCUT2D eigenvalue weighted by atomic mass is 35.5. The third-order valence-electron chi connectivity index (χ3n) is 1.88. The zero-order chi connectivity index (χ0) is 12.1. The normalized spacial score (nSPS) is 14.5. The van der Waals surface area contributed by atoms with Gasteiger partial charge in [-0.25, -0.2) is 0 Å². The lowest BCUT2D eigenvalue weighted by molar-refractivity contribution is -0.159. The Morgan fingerprint density at radius 3 is 1.93 bits per heavy atom. The molecule has 0 fully saturated rings. The van der Waals surface area contributed by atoms with E-state index in [0.29, 0.717) is 0 Å². The lowest BCUT2D eigenvalue weighted by atomic mass is 9.96. The Bertz CT molecular complexity index is 224. The molecule has 0 amide bonds. The second-order valence-electron chi connectivity index (χ2n) is 3.35. The summed E-state index contributed by atoms with van der Waals surface area (Å²) in [6, 6.07) is 0. The highest BCUT2D eigenvalue weighted by Crippen LogP contribution is 2.26. The molecule has 6 heteroatoms. The average molecular weight is 257 g/mol. The maximum atomic E-state index is 11.3. The van der Waals surface area contributed by atoms with Crippen molar-refractivity contribution in [2.75, 3.05) is 20.1 Å². The minimum Gasteiger partial charge on any atom is -0.468 e. The van der Waals surface area contributed by atoms with Crippen LogP contribution in [0.3, 0.4) is 0 Å². The standard InChI is InChI=1S/C9H14Cl2O4/c1-9(11,5-10)4-6(7(12)14-2)8(13)15-3/h6H,4-5H2,1-3H3. The molecule has 0 bridgehead atoms. The third kappa shape index (κ3) is 4.71. The molecule has 0 aromatic carbocycles. The fourth-order valence-corrected chi connectivity index (χ4v) is 1.29. The van der Waals surface area contributed by atoms with E-state index in [9.17, 15) is 9.59 Å². The Hall–Kier alpha value is -0.480. The van der Waals surface area contributed by atoms with Crippen LogP contribution in [0, 0.1) is 5.92 Å². The van der Waals surface area contributed by atoms with Crippen LogP contribution in [-0.2, 0) is 19.1 Å². The molecular formula is C9H14Cl2O4. The van der Waals surface area contributed by atoms with Crippen molar-refractivity contribution in [3.63, 3.8) is 0 Å². The summed E-state index contributed by atoms with van der Waals surface area (Å²) < 4.78 is 8.97. The van der Waals surface area contributed by atoms with Crippen molar-refractivity contribution in [3.05, 3.63) is 0 Å². The molecular weight excluding hydrogens is 243 g/mol. The van der Waals surface area contributed by atoms with Gasteiger partial charge >= 0.3 is 11.9 Å². The van der Waals surface area contributed by atoms with Crippen molar-refractivity contribution < 1.29 is 19.1 Å². The molecule has 0 radical (unpaired) electrons. The van der Waals surface area contributed by atoms with Crippen LogP contribution in [0.4, 0.5) is 0 Å². The maximum absolute atomic E-state index is 11.3. The monoisotopic (exact) mass is 256 g/mol. The highest BCUT2D eigenvalue weighted by molar-refractivity contribution is 6.30. The van der Waals surface area contributed by atoms with Gasteiger partial charge in [-0.2, -0.15) is 0 Å². The van der Waals surface area contributed by atoms with E-state index in [2.05, 4.69) is 9.47 Å². The zero-order valence-corrected chi connectivity index (χ0v) is 10.4. The first-order valence-electron chi connectivity index (χ1n) is 4.28. The summed E-state index contributed by atoms with van der Waals surface area (Å²) >= 11 is 11.6. The van der Waals surface area contributed by atoms with E-state index < -0.39 is 22.7 Å². The van der Waals surface area contributed by atoms with Crippen LogP contribution < -0.4 is 0 Å². The minimum atomic E-state index is -1.03. The van der Waals surface area contributed by atoms with Crippen molar-refractivity contribution in [3.8, 4) is 0 Å². The fraction of sp³-hybridized carbons (Fsp3) is 0.778. The van der Waals surface area contributed by atoms with Gasteiger partial charge in [0.2, 0.25) is 0 Å². The zero-order valence-electron chi connectivity index (χ0n) is 8.88. The van der Waals surface area contributed by atoms with Crippen molar-refractivity contribution in [2.24, 2.45) is 5.92 Å². The van der Waals surface area contributed by atoms with Crippen LogP contribution in [0.25, 0.3) is 0 Å². The number of hydrogen-bond acceptors (Lipinski definition) is 4. The quantitative estimate of drug-likeness (QED) is 0.426. The van der Waals surface area contributed by atoms with Crippen LogP contribution in [0.15, 0.2) is 0 Å². The van der Waals surface area contributed by atoms with Crippen LogP contribution in [-0.4, -0.2) is 36.9 Å². The van der Waals surface area contributed by atoms with Gasteiger partial charge in [-0.15, -0.1) is 23.2 Å². The molecule has 1 atom stereocenters. The largest absolute Gasteiger partial charge is 0.468 e. The van der Waals surface area contributed by atoms with Gasteiger partial charge in [0.1, 0.15) is 0 Å². The number of hydrogen-bond donors (Lipinski definition) is 0. The van der Waals surface area contributed by atoms with E-state index in [-0.39, 0.29) is 12.3 Å². The number of alkyl halides is 2. The smallest absolute Gasteiger partial charge is 0.320 e. The number of carbonyl (C=O) groups is 2. The summed E-state index contributed by atoms with van der Waals surface area (Å²) in [6.07, 6.45) is 0.0808. The van der Waals surface area contributed by atoms with Gasteiger partial charge in [-0.05, 0) is 13.3 Å².